The van der Waals surface area contributed by atoms with Crippen LogP contribution in [0.1, 0.15) is 25.5 Å². The number of alkyl halides is 3. The summed E-state index contributed by atoms with van der Waals surface area (Å²) >= 11 is 0. The Labute approximate surface area is 176 Å². The van der Waals surface area contributed by atoms with Gasteiger partial charge in [0.15, 0.2) is 6.10 Å². The molecule has 0 aliphatic carbocycles. The molecule has 2 N–H and O–H groups in total. The van der Waals surface area contributed by atoms with Crippen LogP contribution in [0.15, 0.2) is 18.2 Å². The predicted molar refractivity (Wildman–Crippen MR) is 99.5 cm³/mol. The third-order valence-electron chi connectivity index (χ3n) is 4.26. The fourth-order valence-electron chi connectivity index (χ4n) is 2.83. The smallest absolute Gasteiger partial charge is 0.433 e. The first-order valence-corrected chi connectivity index (χ1v) is 9.68. The number of hydrogen-bond acceptors (Lipinski definition) is 7. The van der Waals surface area contributed by atoms with Crippen molar-refractivity contribution in [2.75, 3.05) is 33.0 Å². The molecule has 0 spiro atoms. The quantitative estimate of drug-likeness (QED) is 0.489. The van der Waals surface area contributed by atoms with Crippen molar-refractivity contribution in [1.82, 2.24) is 10.3 Å². The lowest BCUT2D eigenvalue weighted by Gasteiger charge is -2.34. The van der Waals surface area contributed by atoms with Crippen LogP contribution in [-0.2, 0) is 30.0 Å². The van der Waals surface area contributed by atoms with Gasteiger partial charge < -0.3 is 29.4 Å². The largest absolute Gasteiger partial charge is 0.480 e. The molecule has 1 amide bonds. The standard InChI is InChI=1S/C19H25F3N2O7/c1-12-5-6-13(31-15-4-2-3-14(24-15)19(20,21)22)17(30-12)18(27)23-7-8-28-9-10-29-11-16(25)26/h2-4,12-13,17H,5-11H2,1H3,(H,23,27)(H,25,26)/t12-,13-,17+/m1/s1. The molecule has 1 aromatic rings. The third-order valence-corrected chi connectivity index (χ3v) is 4.26. The maximum Gasteiger partial charge on any atom is 0.433 e. The molecule has 0 radical (unpaired) electrons. The Bertz CT molecular complexity index is 733. The van der Waals surface area contributed by atoms with Crippen LogP contribution in [0.5, 0.6) is 5.88 Å². The fraction of sp³-hybridized carbons (Fsp3) is 0.632. The molecule has 1 saturated heterocycles. The van der Waals surface area contributed by atoms with E-state index in [1.165, 1.54) is 12.1 Å². The number of amides is 1. The Morgan fingerprint density at radius 2 is 1.97 bits per heavy atom. The van der Waals surface area contributed by atoms with Gasteiger partial charge in [-0.15, -0.1) is 0 Å². The average Bonchev–Trinajstić information content (AvgIpc) is 2.70. The van der Waals surface area contributed by atoms with Crippen molar-refractivity contribution < 1.29 is 46.8 Å². The number of pyridine rings is 1. The van der Waals surface area contributed by atoms with Crippen LogP contribution in [0.2, 0.25) is 0 Å². The zero-order chi connectivity index (χ0) is 22.9. The van der Waals surface area contributed by atoms with E-state index in [9.17, 15) is 22.8 Å². The van der Waals surface area contributed by atoms with E-state index in [2.05, 4.69) is 10.3 Å². The zero-order valence-corrected chi connectivity index (χ0v) is 16.9. The van der Waals surface area contributed by atoms with Gasteiger partial charge in [0.05, 0.1) is 25.9 Å². The zero-order valence-electron chi connectivity index (χ0n) is 16.9. The molecule has 3 atom stereocenters. The number of ether oxygens (including phenoxy) is 4. The molecule has 0 saturated carbocycles. The number of carbonyl (C=O) groups excluding carboxylic acids is 1. The normalized spacial score (nSPS) is 21.5. The van der Waals surface area contributed by atoms with Gasteiger partial charge in [-0.2, -0.15) is 13.2 Å². The Morgan fingerprint density at radius 3 is 2.68 bits per heavy atom. The summed E-state index contributed by atoms with van der Waals surface area (Å²) in [5, 5.41) is 11.1. The van der Waals surface area contributed by atoms with E-state index in [1.807, 2.05) is 0 Å². The summed E-state index contributed by atoms with van der Waals surface area (Å²) in [6, 6.07) is 3.32. The van der Waals surface area contributed by atoms with Crippen LogP contribution in [0, 0.1) is 0 Å². The Hall–Kier alpha value is -2.44. The topological polar surface area (TPSA) is 116 Å². The maximum atomic E-state index is 12.9. The second-order valence-corrected chi connectivity index (χ2v) is 6.81. The van der Waals surface area contributed by atoms with Crippen molar-refractivity contribution in [2.45, 2.75) is 44.3 Å². The summed E-state index contributed by atoms with van der Waals surface area (Å²) in [5.74, 6) is -1.79. The number of nitrogens with one attached hydrogen (secondary N) is 1. The highest BCUT2D eigenvalue weighted by molar-refractivity contribution is 5.81. The van der Waals surface area contributed by atoms with Crippen LogP contribution in [0.3, 0.4) is 0 Å². The van der Waals surface area contributed by atoms with Gasteiger partial charge >= 0.3 is 12.1 Å². The number of hydrogen-bond donors (Lipinski definition) is 2. The Morgan fingerprint density at radius 1 is 1.23 bits per heavy atom. The molecule has 0 unspecified atom stereocenters. The van der Waals surface area contributed by atoms with Gasteiger partial charge in [0.25, 0.3) is 5.91 Å². The molecule has 12 heteroatoms. The summed E-state index contributed by atoms with van der Waals surface area (Å²) in [4.78, 5) is 26.3. The van der Waals surface area contributed by atoms with Gasteiger partial charge in [-0.3, -0.25) is 4.79 Å². The SMILES string of the molecule is C[C@@H]1CC[C@@H](Oc2cccc(C(F)(F)F)n2)[C@@H](C(=O)NCCOCCOCC(=O)O)O1. The maximum absolute atomic E-state index is 12.9. The molecule has 0 bridgehead atoms. The van der Waals surface area contributed by atoms with Crippen molar-refractivity contribution in [3.8, 4) is 5.88 Å². The molecule has 31 heavy (non-hydrogen) atoms. The number of aliphatic carboxylic acids is 1. The summed E-state index contributed by atoms with van der Waals surface area (Å²) in [5.41, 5.74) is -1.08. The number of carboxylic acids is 1. The Balaban J connectivity index is 1.83. The lowest BCUT2D eigenvalue weighted by Crippen LogP contribution is -2.51. The van der Waals surface area contributed by atoms with Crippen molar-refractivity contribution >= 4 is 11.9 Å². The van der Waals surface area contributed by atoms with E-state index in [0.717, 1.165) is 6.07 Å². The van der Waals surface area contributed by atoms with Crippen LogP contribution in [0.4, 0.5) is 13.2 Å². The van der Waals surface area contributed by atoms with Crippen LogP contribution < -0.4 is 10.1 Å². The van der Waals surface area contributed by atoms with E-state index in [4.69, 9.17) is 24.1 Å². The van der Waals surface area contributed by atoms with Gasteiger partial charge in [0.1, 0.15) is 18.4 Å². The van der Waals surface area contributed by atoms with E-state index in [-0.39, 0.29) is 38.3 Å². The summed E-state index contributed by atoms with van der Waals surface area (Å²) in [7, 11) is 0. The van der Waals surface area contributed by atoms with Gasteiger partial charge in [-0.05, 0) is 25.8 Å². The molecule has 1 aromatic heterocycles. The Kier molecular flexibility index (Phi) is 9.46. The van der Waals surface area contributed by atoms with Crippen molar-refractivity contribution in [2.24, 2.45) is 0 Å². The average molecular weight is 450 g/mol. The number of rotatable bonds is 11. The number of aromatic nitrogens is 1. The van der Waals surface area contributed by atoms with Crippen LogP contribution >= 0.6 is 0 Å². The highest BCUT2D eigenvalue weighted by Gasteiger charge is 2.37. The first kappa shape index (κ1) is 24.8. The molecule has 1 fully saturated rings. The summed E-state index contributed by atoms with van der Waals surface area (Å²) < 4.78 is 59.8. The van der Waals surface area contributed by atoms with Gasteiger partial charge in [-0.25, -0.2) is 9.78 Å². The van der Waals surface area contributed by atoms with Crippen LogP contribution in [-0.4, -0.2) is 73.3 Å². The van der Waals surface area contributed by atoms with E-state index in [0.29, 0.717) is 12.8 Å². The van der Waals surface area contributed by atoms with Gasteiger partial charge in [-0.1, -0.05) is 6.07 Å². The number of carboxylic acid groups (broad SMARTS) is 1. The second-order valence-electron chi connectivity index (χ2n) is 6.81. The molecule has 2 heterocycles. The molecule has 2 rings (SSSR count). The number of halogens is 3. The van der Waals surface area contributed by atoms with Crippen molar-refractivity contribution in [3.63, 3.8) is 0 Å². The van der Waals surface area contributed by atoms with Gasteiger partial charge in [0, 0.05) is 12.6 Å². The highest BCUT2D eigenvalue weighted by atomic mass is 19.4. The lowest BCUT2D eigenvalue weighted by molar-refractivity contribution is -0.154. The molecule has 0 aromatic carbocycles. The highest BCUT2D eigenvalue weighted by Crippen LogP contribution is 2.30. The van der Waals surface area contributed by atoms with E-state index in [1.54, 1.807) is 6.92 Å². The first-order chi connectivity index (χ1) is 14.7. The number of carbonyl (C=O) groups is 2. The minimum Gasteiger partial charge on any atom is -0.480 e. The summed E-state index contributed by atoms with van der Waals surface area (Å²) in [6.07, 6.45) is -5.64. The van der Waals surface area contributed by atoms with Gasteiger partial charge in [0.2, 0.25) is 5.88 Å². The minimum atomic E-state index is -4.60. The molecule has 9 nitrogen and oxygen atoms in total. The molecule has 174 valence electrons. The van der Waals surface area contributed by atoms with E-state index >= 15 is 0 Å². The predicted octanol–water partition coefficient (Wildman–Crippen LogP) is 1.65. The van der Waals surface area contributed by atoms with E-state index < -0.39 is 42.6 Å². The third kappa shape index (κ3) is 8.67. The first-order valence-electron chi connectivity index (χ1n) is 9.68. The van der Waals surface area contributed by atoms with Crippen LogP contribution in [0.25, 0.3) is 0 Å². The molecule has 1 aliphatic rings. The van der Waals surface area contributed by atoms with Crippen molar-refractivity contribution in [1.29, 1.82) is 0 Å². The minimum absolute atomic E-state index is 0.101. The second kappa shape index (κ2) is 11.8. The molecular formula is C19H25F3N2O7. The number of nitrogens with zero attached hydrogens (tertiary/aromatic N) is 1. The molecule has 1 aliphatic heterocycles. The monoisotopic (exact) mass is 450 g/mol. The molecular weight excluding hydrogens is 425 g/mol. The summed E-state index contributed by atoms with van der Waals surface area (Å²) in [6.45, 7) is 1.95. The lowest BCUT2D eigenvalue weighted by atomic mass is 10.0. The van der Waals surface area contributed by atoms with Crippen molar-refractivity contribution in [3.05, 3.63) is 23.9 Å². The fourth-order valence-corrected chi connectivity index (χ4v) is 2.83.